The summed E-state index contributed by atoms with van der Waals surface area (Å²) in [7, 11) is 0. The topological polar surface area (TPSA) is 160 Å². The summed E-state index contributed by atoms with van der Waals surface area (Å²) in [4.78, 5) is 42.8. The Morgan fingerprint density at radius 3 is 2.30 bits per heavy atom. The molecule has 0 bridgehead atoms. The minimum atomic E-state index is -1.31. The van der Waals surface area contributed by atoms with Crippen LogP contribution in [-0.2, 0) is 22.5 Å². The Labute approximate surface area is 275 Å². The first-order valence-corrected chi connectivity index (χ1v) is 15.6. The van der Waals surface area contributed by atoms with Gasteiger partial charge in [-0.1, -0.05) is 78.3 Å². The molecule has 2 unspecified atom stereocenters. The Balaban J connectivity index is 1.09. The molecular formula is C34H32ClN7O5. The summed E-state index contributed by atoms with van der Waals surface area (Å²) in [6.07, 6.45) is -1.36. The second-order valence-electron chi connectivity index (χ2n) is 11.7. The molecule has 2 aliphatic rings. The number of amides is 3. The molecule has 0 radical (unpaired) electrons. The number of imidazole rings is 1. The van der Waals surface area contributed by atoms with Gasteiger partial charge >= 0.3 is 6.03 Å². The van der Waals surface area contributed by atoms with Gasteiger partial charge in [0.05, 0.1) is 12.4 Å². The Morgan fingerprint density at radius 1 is 0.851 bits per heavy atom. The molecular weight excluding hydrogens is 622 g/mol. The molecule has 12 nitrogen and oxygen atoms in total. The molecule has 2 aromatic heterocycles. The number of carbonyl (C=O) groups excluding carboxylic acids is 2. The van der Waals surface area contributed by atoms with Crippen molar-refractivity contribution in [2.75, 3.05) is 12.3 Å². The number of halogens is 1. The maximum absolute atomic E-state index is 13.9. The zero-order chi connectivity index (χ0) is 32.7. The highest BCUT2D eigenvalue weighted by Crippen LogP contribution is 2.34. The van der Waals surface area contributed by atoms with Crippen LogP contribution in [0.2, 0.25) is 5.02 Å². The number of fused-ring (bicyclic) bond motifs is 1. The first-order valence-electron chi connectivity index (χ1n) is 15.2. The summed E-state index contributed by atoms with van der Waals surface area (Å²) in [6.45, 7) is 0.201. The minimum Gasteiger partial charge on any atom is -0.388 e. The third-order valence-electron chi connectivity index (χ3n) is 8.80. The van der Waals surface area contributed by atoms with Gasteiger partial charge in [0.2, 0.25) is 0 Å². The molecule has 3 amide bonds. The van der Waals surface area contributed by atoms with E-state index in [2.05, 4.69) is 15.0 Å². The number of aliphatic hydroxyl groups is 2. The lowest BCUT2D eigenvalue weighted by atomic mass is 10.00. The summed E-state index contributed by atoms with van der Waals surface area (Å²) in [6, 6.07) is 24.0. The van der Waals surface area contributed by atoms with Crippen molar-refractivity contribution < 1.29 is 24.5 Å². The van der Waals surface area contributed by atoms with Gasteiger partial charge in [0, 0.05) is 24.5 Å². The highest BCUT2D eigenvalue weighted by Gasteiger charge is 2.48. The summed E-state index contributed by atoms with van der Waals surface area (Å²) in [5.74, 6) is -0.164. The summed E-state index contributed by atoms with van der Waals surface area (Å²) in [5, 5.41) is 22.4. The SMILES string of the molecule is Nc1ncnc2c1ncn2[C@@H]1O[C@H](CCN2C(=O)C(Cc3ccc(-c4ccccc4)cc3)N(Cc3ccc(Cl)cc3)C2=O)C(O)[C@H]1O. The van der Waals surface area contributed by atoms with Crippen LogP contribution in [0.25, 0.3) is 22.3 Å². The van der Waals surface area contributed by atoms with E-state index in [1.165, 1.54) is 22.1 Å². The maximum Gasteiger partial charge on any atom is 0.327 e. The number of hydrogen-bond donors (Lipinski definition) is 3. The molecule has 240 valence electrons. The van der Waals surface area contributed by atoms with Gasteiger partial charge in [-0.2, -0.15) is 0 Å². The van der Waals surface area contributed by atoms with Crippen molar-refractivity contribution in [2.24, 2.45) is 0 Å². The monoisotopic (exact) mass is 653 g/mol. The van der Waals surface area contributed by atoms with Crippen molar-refractivity contribution in [1.29, 1.82) is 0 Å². The third-order valence-corrected chi connectivity index (χ3v) is 9.05. The Kier molecular flexibility index (Phi) is 8.33. The minimum absolute atomic E-state index is 0.0147. The fraction of sp³-hybridized carbons (Fsp3) is 0.265. The number of urea groups is 1. The van der Waals surface area contributed by atoms with Gasteiger partial charge in [0.25, 0.3) is 5.91 Å². The highest BCUT2D eigenvalue weighted by molar-refractivity contribution is 6.30. The second kappa shape index (κ2) is 12.7. The molecule has 4 heterocycles. The number of aromatic nitrogens is 4. The molecule has 0 spiro atoms. The lowest BCUT2D eigenvalue weighted by Crippen LogP contribution is -2.37. The van der Waals surface area contributed by atoms with E-state index in [1.54, 1.807) is 17.0 Å². The molecule has 0 aliphatic carbocycles. The van der Waals surface area contributed by atoms with E-state index in [-0.39, 0.29) is 31.2 Å². The zero-order valence-electron chi connectivity index (χ0n) is 25.1. The number of nitrogens with two attached hydrogens (primary N) is 1. The maximum atomic E-state index is 13.9. The first-order chi connectivity index (χ1) is 22.8. The van der Waals surface area contributed by atoms with Gasteiger partial charge in [-0.3, -0.25) is 14.3 Å². The predicted molar refractivity (Wildman–Crippen MR) is 174 cm³/mol. The number of ether oxygens (including phenoxy) is 1. The molecule has 4 N–H and O–H groups in total. The molecule has 5 atom stereocenters. The van der Waals surface area contributed by atoms with Gasteiger partial charge in [-0.05, 0) is 40.8 Å². The number of aliphatic hydroxyl groups excluding tert-OH is 2. The van der Waals surface area contributed by atoms with Gasteiger partial charge in [-0.15, -0.1) is 0 Å². The second-order valence-corrected chi connectivity index (χ2v) is 12.2. The molecule has 13 heteroatoms. The van der Waals surface area contributed by atoms with E-state index in [9.17, 15) is 19.8 Å². The van der Waals surface area contributed by atoms with E-state index in [0.29, 0.717) is 22.6 Å². The average Bonchev–Trinajstić information content (AvgIpc) is 3.71. The largest absolute Gasteiger partial charge is 0.388 e. The molecule has 3 aromatic carbocycles. The Bertz CT molecular complexity index is 1900. The van der Waals surface area contributed by atoms with Crippen molar-refractivity contribution in [3.63, 3.8) is 0 Å². The van der Waals surface area contributed by atoms with Crippen molar-refractivity contribution >= 4 is 40.5 Å². The van der Waals surface area contributed by atoms with Crippen molar-refractivity contribution in [1.82, 2.24) is 29.3 Å². The van der Waals surface area contributed by atoms with E-state index in [1.807, 2.05) is 66.7 Å². The van der Waals surface area contributed by atoms with Crippen molar-refractivity contribution in [3.8, 4) is 11.1 Å². The molecule has 5 aromatic rings. The van der Waals surface area contributed by atoms with Crippen LogP contribution in [0.4, 0.5) is 10.6 Å². The third kappa shape index (κ3) is 5.92. The van der Waals surface area contributed by atoms with Crippen LogP contribution in [0.5, 0.6) is 0 Å². The average molecular weight is 654 g/mol. The molecule has 47 heavy (non-hydrogen) atoms. The fourth-order valence-electron chi connectivity index (χ4n) is 6.26. The number of nitrogen functional groups attached to an aromatic ring is 1. The Morgan fingerprint density at radius 2 is 1.55 bits per heavy atom. The quantitative estimate of drug-likeness (QED) is 0.201. The number of rotatable bonds is 9. The van der Waals surface area contributed by atoms with Gasteiger partial charge in [0.1, 0.15) is 30.1 Å². The molecule has 2 aliphatic heterocycles. The van der Waals surface area contributed by atoms with Gasteiger partial charge in [0.15, 0.2) is 17.7 Å². The van der Waals surface area contributed by atoms with Crippen molar-refractivity contribution in [2.45, 2.75) is 50.0 Å². The number of benzene rings is 3. The van der Waals surface area contributed by atoms with Crippen LogP contribution in [0.1, 0.15) is 23.8 Å². The molecule has 2 fully saturated rings. The fourth-order valence-corrected chi connectivity index (χ4v) is 6.39. The summed E-state index contributed by atoms with van der Waals surface area (Å²) in [5.41, 5.74) is 10.5. The predicted octanol–water partition coefficient (Wildman–Crippen LogP) is 3.81. The summed E-state index contributed by atoms with van der Waals surface area (Å²) >= 11 is 6.09. The highest BCUT2D eigenvalue weighted by atomic mass is 35.5. The number of carbonyl (C=O) groups is 2. The van der Waals surface area contributed by atoms with Gasteiger partial charge in [-0.25, -0.2) is 19.7 Å². The lowest BCUT2D eigenvalue weighted by molar-refractivity contribution is -0.128. The summed E-state index contributed by atoms with van der Waals surface area (Å²) < 4.78 is 7.55. The smallest absolute Gasteiger partial charge is 0.327 e. The number of imide groups is 1. The van der Waals surface area contributed by atoms with Crippen LogP contribution in [0.3, 0.4) is 0 Å². The van der Waals surface area contributed by atoms with E-state index >= 15 is 0 Å². The van der Waals surface area contributed by atoms with Crippen molar-refractivity contribution in [3.05, 3.63) is 108 Å². The normalized spacial score (nSPS) is 22.9. The van der Waals surface area contributed by atoms with E-state index in [0.717, 1.165) is 22.3 Å². The first kappa shape index (κ1) is 30.8. The lowest BCUT2D eigenvalue weighted by Gasteiger charge is -2.22. The van der Waals surface area contributed by atoms with E-state index in [4.69, 9.17) is 22.1 Å². The van der Waals surface area contributed by atoms with E-state index < -0.39 is 36.6 Å². The van der Waals surface area contributed by atoms with Crippen LogP contribution < -0.4 is 5.73 Å². The molecule has 7 rings (SSSR count). The Hall–Kier alpha value is -4.88. The number of hydrogen-bond acceptors (Lipinski definition) is 9. The van der Waals surface area contributed by atoms with Crippen LogP contribution >= 0.6 is 11.6 Å². The standard InChI is InChI=1S/C34H32ClN7O5/c35-24-12-8-21(9-13-24)17-41-25(16-20-6-10-23(11-7-20)22-4-2-1-3-5-22)32(45)40(34(41)46)15-14-26-28(43)29(44)33(47-26)42-19-39-27-30(36)37-18-38-31(27)42/h1-13,18-19,25-26,28-29,33,43-44H,14-17H2,(H2,36,37,38)/t25?,26-,28?,29-,33-/m1/s1. The van der Waals surface area contributed by atoms with Crippen LogP contribution in [-0.4, -0.2) is 82.4 Å². The molecule has 2 saturated heterocycles. The van der Waals surface area contributed by atoms with Crippen LogP contribution in [0, 0.1) is 0 Å². The molecule has 0 saturated carbocycles. The zero-order valence-corrected chi connectivity index (χ0v) is 25.9. The van der Waals surface area contributed by atoms with Gasteiger partial charge < -0.3 is 25.6 Å². The number of anilines is 1. The number of nitrogens with zero attached hydrogens (tertiary/aromatic N) is 6. The van der Waals surface area contributed by atoms with Crippen LogP contribution in [0.15, 0.2) is 91.5 Å².